The van der Waals surface area contributed by atoms with Gasteiger partial charge in [-0.3, -0.25) is 4.79 Å². The fraction of sp³-hybridized carbons (Fsp3) is 0.929. The van der Waals surface area contributed by atoms with Gasteiger partial charge >= 0.3 is 5.97 Å². The number of hydrogen-bond donors (Lipinski definition) is 0. The van der Waals surface area contributed by atoms with Crippen molar-refractivity contribution in [3.05, 3.63) is 0 Å². The van der Waals surface area contributed by atoms with Gasteiger partial charge in [-0.2, -0.15) is 0 Å². The summed E-state index contributed by atoms with van der Waals surface area (Å²) in [6, 6.07) is 0. The lowest BCUT2D eigenvalue weighted by molar-refractivity contribution is -0.156. The predicted molar refractivity (Wildman–Crippen MR) is 68.3 cm³/mol. The molecule has 0 aromatic carbocycles. The Bertz CT molecular complexity index is 238. The summed E-state index contributed by atoms with van der Waals surface area (Å²) in [5.74, 6) is -0.116. The number of esters is 1. The van der Waals surface area contributed by atoms with Gasteiger partial charge in [-0.1, -0.05) is 34.6 Å². The molecule has 0 saturated heterocycles. The van der Waals surface area contributed by atoms with Crippen LogP contribution in [0.5, 0.6) is 0 Å². The van der Waals surface area contributed by atoms with E-state index >= 15 is 0 Å². The molecule has 0 radical (unpaired) electrons. The molecule has 2 nitrogen and oxygen atoms in total. The molecule has 0 spiro atoms. The summed E-state index contributed by atoms with van der Waals surface area (Å²) in [6.07, 6.45) is 1.04. The quantitative estimate of drug-likeness (QED) is 0.681. The fourth-order valence-corrected chi connectivity index (χ4v) is 1.96. The van der Waals surface area contributed by atoms with E-state index in [0.29, 0.717) is 6.61 Å². The van der Waals surface area contributed by atoms with E-state index in [1.165, 1.54) is 0 Å². The summed E-state index contributed by atoms with van der Waals surface area (Å²) in [7, 11) is 0. The molecule has 0 amide bonds. The minimum absolute atomic E-state index is 0.0408. The molecule has 0 rings (SSSR count). The van der Waals surface area contributed by atoms with Gasteiger partial charge in [-0.05, 0) is 38.0 Å². The van der Waals surface area contributed by atoms with Crippen LogP contribution in [0.4, 0.5) is 0 Å². The first-order valence-corrected chi connectivity index (χ1v) is 6.01. The molecule has 0 aliphatic heterocycles. The van der Waals surface area contributed by atoms with Crippen molar-refractivity contribution in [1.29, 1.82) is 0 Å². The summed E-state index contributed by atoms with van der Waals surface area (Å²) in [5, 5.41) is 0. The first-order chi connectivity index (χ1) is 6.83. The van der Waals surface area contributed by atoms with E-state index in [4.69, 9.17) is 4.74 Å². The Morgan fingerprint density at radius 3 is 1.69 bits per heavy atom. The highest BCUT2D eigenvalue weighted by Gasteiger charge is 2.29. The van der Waals surface area contributed by atoms with Crippen LogP contribution in [0.1, 0.15) is 61.8 Å². The van der Waals surface area contributed by atoms with Gasteiger partial charge in [0.05, 0.1) is 12.0 Å². The summed E-state index contributed by atoms with van der Waals surface area (Å²) in [6.45, 7) is 17.1. The number of carbonyl (C=O) groups excluding carboxylic acids is 1. The molecule has 0 N–H and O–H groups in total. The Labute approximate surface area is 101 Å². The monoisotopic (exact) mass is 228 g/mol. The normalized spacial score (nSPS) is 13.8. The molecule has 0 aromatic rings. The zero-order valence-electron chi connectivity index (χ0n) is 12.2. The Kier molecular flexibility index (Phi) is 4.61. The van der Waals surface area contributed by atoms with Gasteiger partial charge in [0, 0.05) is 0 Å². The number of rotatable bonds is 3. The van der Waals surface area contributed by atoms with Gasteiger partial charge in [0.15, 0.2) is 0 Å². The van der Waals surface area contributed by atoms with Crippen LogP contribution in [0.2, 0.25) is 0 Å². The van der Waals surface area contributed by atoms with Crippen LogP contribution in [0.3, 0.4) is 0 Å². The van der Waals surface area contributed by atoms with E-state index in [0.717, 1.165) is 6.42 Å². The van der Waals surface area contributed by atoms with Crippen molar-refractivity contribution in [3.8, 4) is 0 Å². The smallest absolute Gasteiger partial charge is 0.311 e. The number of ether oxygens (including phenoxy) is 1. The van der Waals surface area contributed by atoms with Crippen molar-refractivity contribution >= 4 is 5.97 Å². The van der Waals surface area contributed by atoms with Crippen molar-refractivity contribution in [2.45, 2.75) is 61.8 Å². The highest BCUT2D eigenvalue weighted by molar-refractivity contribution is 5.75. The van der Waals surface area contributed by atoms with Crippen molar-refractivity contribution in [2.75, 3.05) is 6.61 Å². The molecular formula is C14H28O2. The van der Waals surface area contributed by atoms with E-state index in [1.54, 1.807) is 0 Å². The minimum atomic E-state index is -0.405. The van der Waals surface area contributed by atoms with Gasteiger partial charge in [0.1, 0.15) is 0 Å². The molecule has 16 heavy (non-hydrogen) atoms. The van der Waals surface area contributed by atoms with Crippen LogP contribution in [-0.2, 0) is 9.53 Å². The average Bonchev–Trinajstić information content (AvgIpc) is 1.93. The van der Waals surface area contributed by atoms with Gasteiger partial charge in [0.2, 0.25) is 0 Å². The molecule has 0 saturated carbocycles. The number of hydrogen-bond acceptors (Lipinski definition) is 2. The number of carbonyl (C=O) groups is 1. The maximum atomic E-state index is 11.7. The summed E-state index contributed by atoms with van der Waals surface area (Å²) in [5.41, 5.74) is -0.103. The molecule has 0 unspecified atom stereocenters. The summed E-state index contributed by atoms with van der Waals surface area (Å²) < 4.78 is 5.38. The molecule has 0 bridgehead atoms. The van der Waals surface area contributed by atoms with Crippen LogP contribution in [0.15, 0.2) is 0 Å². The van der Waals surface area contributed by atoms with Crippen molar-refractivity contribution in [1.82, 2.24) is 0 Å². The first-order valence-electron chi connectivity index (χ1n) is 6.01. The zero-order valence-corrected chi connectivity index (χ0v) is 12.2. The average molecular weight is 228 g/mol. The molecule has 0 fully saturated rings. The van der Waals surface area contributed by atoms with Gasteiger partial charge in [0.25, 0.3) is 0 Å². The molecule has 0 heterocycles. The third kappa shape index (κ3) is 6.86. The summed E-state index contributed by atoms with van der Waals surface area (Å²) in [4.78, 5) is 11.7. The topological polar surface area (TPSA) is 26.3 Å². The molecule has 96 valence electrons. The second-order valence-electron chi connectivity index (χ2n) is 7.73. The van der Waals surface area contributed by atoms with E-state index < -0.39 is 5.41 Å². The van der Waals surface area contributed by atoms with Crippen LogP contribution in [0.25, 0.3) is 0 Å². The maximum Gasteiger partial charge on any atom is 0.311 e. The minimum Gasteiger partial charge on any atom is -0.465 e. The Morgan fingerprint density at radius 2 is 1.38 bits per heavy atom. The molecule has 0 aliphatic carbocycles. The van der Waals surface area contributed by atoms with Crippen LogP contribution >= 0.6 is 0 Å². The first kappa shape index (κ1) is 15.5. The van der Waals surface area contributed by atoms with Crippen LogP contribution in [-0.4, -0.2) is 12.6 Å². The van der Waals surface area contributed by atoms with Crippen molar-refractivity contribution in [3.63, 3.8) is 0 Å². The summed E-state index contributed by atoms with van der Waals surface area (Å²) >= 11 is 0. The lowest BCUT2D eigenvalue weighted by Gasteiger charge is -2.32. The fourth-order valence-electron chi connectivity index (χ4n) is 1.96. The Balaban J connectivity index is 4.25. The highest BCUT2D eigenvalue weighted by atomic mass is 16.5. The standard InChI is InChI=1S/C14H28O2/c1-12(2,3)9-14(7,8)10-16-11(15)13(4,5)6/h9-10H2,1-8H3. The predicted octanol–water partition coefficient (Wildman–Crippen LogP) is 4.04. The van der Waals surface area contributed by atoms with E-state index in [1.807, 2.05) is 20.8 Å². The third-order valence-corrected chi connectivity index (χ3v) is 2.22. The lowest BCUT2D eigenvalue weighted by atomic mass is 9.77. The lowest BCUT2D eigenvalue weighted by Crippen LogP contribution is -2.31. The van der Waals surface area contributed by atoms with Crippen molar-refractivity contribution < 1.29 is 9.53 Å². The zero-order chi connectivity index (χ0) is 13.2. The van der Waals surface area contributed by atoms with Crippen LogP contribution in [0, 0.1) is 16.2 Å². The largest absolute Gasteiger partial charge is 0.465 e. The van der Waals surface area contributed by atoms with Gasteiger partial charge in [-0.15, -0.1) is 0 Å². The molecule has 2 heteroatoms. The van der Waals surface area contributed by atoms with E-state index in [2.05, 4.69) is 34.6 Å². The maximum absolute atomic E-state index is 11.7. The molecule has 0 atom stereocenters. The van der Waals surface area contributed by atoms with Gasteiger partial charge < -0.3 is 4.74 Å². The highest BCUT2D eigenvalue weighted by Crippen LogP contribution is 2.33. The Morgan fingerprint density at radius 1 is 0.938 bits per heavy atom. The second-order valence-corrected chi connectivity index (χ2v) is 7.73. The van der Waals surface area contributed by atoms with E-state index in [9.17, 15) is 4.79 Å². The van der Waals surface area contributed by atoms with Crippen molar-refractivity contribution in [2.24, 2.45) is 16.2 Å². The SMILES string of the molecule is CC(C)(C)CC(C)(C)COC(=O)C(C)(C)C. The second kappa shape index (κ2) is 4.77. The van der Waals surface area contributed by atoms with Gasteiger partial charge in [-0.25, -0.2) is 0 Å². The van der Waals surface area contributed by atoms with Crippen LogP contribution < -0.4 is 0 Å². The van der Waals surface area contributed by atoms with E-state index in [-0.39, 0.29) is 16.8 Å². The molecule has 0 aliphatic rings. The Hall–Kier alpha value is -0.530. The molecule has 0 aromatic heterocycles. The third-order valence-electron chi connectivity index (χ3n) is 2.22. The molecular weight excluding hydrogens is 200 g/mol.